The zero-order valence-electron chi connectivity index (χ0n) is 10.5. The molecule has 0 bridgehead atoms. The van der Waals surface area contributed by atoms with E-state index in [2.05, 4.69) is 15.9 Å². The number of carbonyl (C=O) groups excluding carboxylic acids is 1. The van der Waals surface area contributed by atoms with E-state index < -0.39 is 21.3 Å². The van der Waals surface area contributed by atoms with Crippen molar-refractivity contribution >= 4 is 31.9 Å². The fourth-order valence-electron chi connectivity index (χ4n) is 2.08. The van der Waals surface area contributed by atoms with E-state index in [1.54, 1.807) is 31.2 Å². The van der Waals surface area contributed by atoms with Crippen molar-refractivity contribution in [1.29, 1.82) is 0 Å². The molecule has 1 fully saturated rings. The zero-order valence-corrected chi connectivity index (χ0v) is 12.9. The van der Waals surface area contributed by atoms with Gasteiger partial charge in [0, 0.05) is 17.6 Å². The Labute approximate surface area is 121 Å². The minimum Gasteiger partial charge on any atom is -0.369 e. The molecule has 0 radical (unpaired) electrons. The summed E-state index contributed by atoms with van der Waals surface area (Å²) in [6, 6.07) is 6.44. The molecule has 0 aromatic heterocycles. The summed E-state index contributed by atoms with van der Waals surface area (Å²) in [6.07, 6.45) is 0.456. The summed E-state index contributed by atoms with van der Waals surface area (Å²) in [7, 11) is -3.56. The van der Waals surface area contributed by atoms with E-state index in [1.807, 2.05) is 0 Å². The Morgan fingerprint density at radius 2 is 1.95 bits per heavy atom. The number of amides is 1. The molecule has 1 aromatic carbocycles. The molecule has 1 unspecified atom stereocenters. The van der Waals surface area contributed by atoms with Gasteiger partial charge in [0.25, 0.3) is 0 Å². The summed E-state index contributed by atoms with van der Waals surface area (Å²) in [4.78, 5) is 11.6. The molecule has 2 rings (SSSR count). The maximum absolute atomic E-state index is 12.4. The summed E-state index contributed by atoms with van der Waals surface area (Å²) in [5, 5.41) is 0. The number of sulfonamides is 1. The molecule has 0 aliphatic carbocycles. The predicted octanol–water partition coefficient (Wildman–Crippen LogP) is 1.34. The highest BCUT2D eigenvalue weighted by Gasteiger charge is 2.43. The molecule has 19 heavy (non-hydrogen) atoms. The van der Waals surface area contributed by atoms with Gasteiger partial charge in [0.05, 0.1) is 10.3 Å². The lowest BCUT2D eigenvalue weighted by Crippen LogP contribution is -2.38. The number of benzene rings is 1. The molecule has 1 heterocycles. The molecule has 104 valence electrons. The highest BCUT2D eigenvalue weighted by molar-refractivity contribution is 9.10. The number of nitrogens with two attached hydrogens (primary N) is 1. The van der Waals surface area contributed by atoms with Gasteiger partial charge in [-0.2, -0.15) is 4.31 Å². The predicted molar refractivity (Wildman–Crippen MR) is 74.8 cm³/mol. The van der Waals surface area contributed by atoms with Gasteiger partial charge in [0.1, 0.15) is 0 Å². The van der Waals surface area contributed by atoms with Crippen molar-refractivity contribution in [3.8, 4) is 0 Å². The van der Waals surface area contributed by atoms with E-state index in [0.717, 1.165) is 4.47 Å². The maximum atomic E-state index is 12.4. The van der Waals surface area contributed by atoms with Crippen LogP contribution in [0.15, 0.2) is 33.6 Å². The van der Waals surface area contributed by atoms with Crippen LogP contribution in [0.4, 0.5) is 0 Å². The second kappa shape index (κ2) is 4.88. The van der Waals surface area contributed by atoms with Crippen molar-refractivity contribution in [2.75, 3.05) is 13.1 Å². The van der Waals surface area contributed by atoms with E-state index in [-0.39, 0.29) is 11.4 Å². The normalized spacial score (nSPS) is 24.5. The van der Waals surface area contributed by atoms with Crippen LogP contribution in [0, 0.1) is 5.41 Å². The van der Waals surface area contributed by atoms with Gasteiger partial charge in [0.2, 0.25) is 15.9 Å². The third-order valence-electron chi connectivity index (χ3n) is 3.48. The molecule has 0 saturated carbocycles. The number of hydrogen-bond donors (Lipinski definition) is 1. The summed E-state index contributed by atoms with van der Waals surface area (Å²) < 4.78 is 27.0. The minimum atomic E-state index is -3.56. The van der Waals surface area contributed by atoms with Crippen molar-refractivity contribution in [2.45, 2.75) is 18.2 Å². The molecule has 1 saturated heterocycles. The summed E-state index contributed by atoms with van der Waals surface area (Å²) >= 11 is 3.26. The molecule has 1 aliphatic rings. The fourth-order valence-corrected chi connectivity index (χ4v) is 3.91. The van der Waals surface area contributed by atoms with Gasteiger partial charge in [0.15, 0.2) is 0 Å². The Bertz CT molecular complexity index is 600. The topological polar surface area (TPSA) is 80.5 Å². The molecule has 7 heteroatoms. The summed E-state index contributed by atoms with van der Waals surface area (Å²) in [5.74, 6) is -0.457. The monoisotopic (exact) mass is 346 g/mol. The minimum absolute atomic E-state index is 0.140. The van der Waals surface area contributed by atoms with Gasteiger partial charge >= 0.3 is 0 Å². The Balaban J connectivity index is 2.28. The molecule has 1 aromatic rings. The number of halogens is 1. The van der Waals surface area contributed by atoms with Crippen LogP contribution < -0.4 is 5.73 Å². The molecular formula is C12H15BrN2O3S. The highest BCUT2D eigenvalue weighted by Crippen LogP contribution is 2.33. The summed E-state index contributed by atoms with van der Waals surface area (Å²) in [6.45, 7) is 2.16. The van der Waals surface area contributed by atoms with Gasteiger partial charge in [-0.05, 0) is 37.6 Å². The molecule has 1 aliphatic heterocycles. The van der Waals surface area contributed by atoms with E-state index in [4.69, 9.17) is 5.73 Å². The maximum Gasteiger partial charge on any atom is 0.243 e. The van der Waals surface area contributed by atoms with Crippen LogP contribution >= 0.6 is 15.9 Å². The number of rotatable bonds is 3. The van der Waals surface area contributed by atoms with E-state index >= 15 is 0 Å². The molecular weight excluding hydrogens is 332 g/mol. The van der Waals surface area contributed by atoms with Crippen LogP contribution in [0.2, 0.25) is 0 Å². The average molecular weight is 347 g/mol. The largest absolute Gasteiger partial charge is 0.369 e. The second-order valence-electron chi connectivity index (χ2n) is 4.97. The first-order chi connectivity index (χ1) is 8.75. The third-order valence-corrected chi connectivity index (χ3v) is 5.87. The van der Waals surface area contributed by atoms with E-state index in [1.165, 1.54) is 4.31 Å². The summed E-state index contributed by atoms with van der Waals surface area (Å²) in [5.41, 5.74) is 4.55. The Kier molecular flexibility index (Phi) is 3.72. The number of nitrogens with zero attached hydrogens (tertiary/aromatic N) is 1. The van der Waals surface area contributed by atoms with Crippen LogP contribution in [0.3, 0.4) is 0 Å². The Morgan fingerprint density at radius 1 is 1.37 bits per heavy atom. The first-order valence-electron chi connectivity index (χ1n) is 5.81. The fraction of sp³-hybridized carbons (Fsp3) is 0.417. The van der Waals surface area contributed by atoms with Crippen molar-refractivity contribution in [3.05, 3.63) is 28.7 Å². The second-order valence-corrected chi connectivity index (χ2v) is 7.82. The van der Waals surface area contributed by atoms with Crippen molar-refractivity contribution in [1.82, 2.24) is 4.31 Å². The third kappa shape index (κ3) is 2.68. The van der Waals surface area contributed by atoms with Crippen LogP contribution in [-0.2, 0) is 14.8 Å². The van der Waals surface area contributed by atoms with Crippen LogP contribution in [0.5, 0.6) is 0 Å². The van der Waals surface area contributed by atoms with Crippen LogP contribution in [-0.4, -0.2) is 31.7 Å². The number of hydrogen-bond acceptors (Lipinski definition) is 3. The lowest BCUT2D eigenvalue weighted by atomic mass is 9.89. The quantitative estimate of drug-likeness (QED) is 0.896. The molecule has 2 N–H and O–H groups in total. The highest BCUT2D eigenvalue weighted by atomic mass is 79.9. The van der Waals surface area contributed by atoms with Gasteiger partial charge in [-0.15, -0.1) is 0 Å². The van der Waals surface area contributed by atoms with Gasteiger partial charge in [-0.25, -0.2) is 8.42 Å². The molecule has 1 atom stereocenters. The van der Waals surface area contributed by atoms with E-state index in [9.17, 15) is 13.2 Å². The van der Waals surface area contributed by atoms with Crippen molar-refractivity contribution in [2.24, 2.45) is 11.1 Å². The zero-order chi connectivity index (χ0) is 14.3. The standard InChI is InChI=1S/C12H15BrN2O3S/c1-12(11(14)16)6-7-15(8-12)19(17,18)10-4-2-9(13)3-5-10/h2-5H,6-8H2,1H3,(H2,14,16). The number of primary amides is 1. The first kappa shape index (κ1) is 14.5. The smallest absolute Gasteiger partial charge is 0.243 e. The molecule has 5 nitrogen and oxygen atoms in total. The number of carbonyl (C=O) groups is 1. The molecule has 0 spiro atoms. The van der Waals surface area contributed by atoms with Gasteiger partial charge in [-0.3, -0.25) is 4.79 Å². The van der Waals surface area contributed by atoms with E-state index in [0.29, 0.717) is 13.0 Å². The van der Waals surface area contributed by atoms with Crippen LogP contribution in [0.1, 0.15) is 13.3 Å². The van der Waals surface area contributed by atoms with Gasteiger partial charge < -0.3 is 5.73 Å². The first-order valence-corrected chi connectivity index (χ1v) is 8.05. The molecule has 1 amide bonds. The lowest BCUT2D eigenvalue weighted by Gasteiger charge is -2.20. The van der Waals surface area contributed by atoms with Crippen molar-refractivity contribution in [3.63, 3.8) is 0 Å². The van der Waals surface area contributed by atoms with Gasteiger partial charge in [-0.1, -0.05) is 15.9 Å². The lowest BCUT2D eigenvalue weighted by molar-refractivity contribution is -0.126. The SMILES string of the molecule is CC1(C(N)=O)CCN(S(=O)(=O)c2ccc(Br)cc2)C1. The van der Waals surface area contributed by atoms with Crippen LogP contribution in [0.25, 0.3) is 0 Å². The average Bonchev–Trinajstić information content (AvgIpc) is 2.75. The Hall–Kier alpha value is -0.920. The van der Waals surface area contributed by atoms with Crippen molar-refractivity contribution < 1.29 is 13.2 Å². The Morgan fingerprint density at radius 3 is 2.42 bits per heavy atom.